The van der Waals surface area contributed by atoms with Crippen molar-refractivity contribution in [2.75, 3.05) is 42.8 Å². The van der Waals surface area contributed by atoms with E-state index in [4.69, 9.17) is 21.5 Å². The number of sulfonamides is 1. The maximum atomic E-state index is 13.2. The van der Waals surface area contributed by atoms with Crippen LogP contribution in [0.15, 0.2) is 53.4 Å². The summed E-state index contributed by atoms with van der Waals surface area (Å²) in [5.41, 5.74) is 0.853. The Bertz CT molecular complexity index is 1050. The van der Waals surface area contributed by atoms with E-state index in [-0.39, 0.29) is 47.1 Å². The average molecular weight is 511 g/mol. The number of carbonyl (C=O) groups excluding carboxylic acids is 1. The third-order valence-corrected chi connectivity index (χ3v) is 7.54. The third-order valence-electron chi connectivity index (χ3n) is 5.31. The van der Waals surface area contributed by atoms with Crippen molar-refractivity contribution in [1.82, 2.24) is 10.2 Å². The summed E-state index contributed by atoms with van der Waals surface area (Å²) in [4.78, 5) is 23.1. The normalized spacial score (nSPS) is 16.1. The van der Waals surface area contributed by atoms with Crippen LogP contribution in [0.2, 0.25) is 5.02 Å². The highest BCUT2D eigenvalue weighted by molar-refractivity contribution is 7.92. The number of anilines is 2. The molecule has 3 rings (SSSR count). The highest BCUT2D eigenvalue weighted by Crippen LogP contribution is 2.29. The maximum Gasteiger partial charge on any atom is 0.290 e. The summed E-state index contributed by atoms with van der Waals surface area (Å²) >= 11 is 6.24. The SMILES string of the molecule is CCN(c1ccccc1)S(=O)(=O)c1ccc(Cl)c(NC(=O)CNC2CCCN(C)C2)c1.O=CO. The van der Waals surface area contributed by atoms with Gasteiger partial charge in [-0.25, -0.2) is 8.42 Å². The molecule has 1 fully saturated rings. The molecule has 1 heterocycles. The number of carboxylic acid groups (broad SMARTS) is 1. The van der Waals surface area contributed by atoms with Crippen LogP contribution in [0.5, 0.6) is 0 Å². The van der Waals surface area contributed by atoms with Gasteiger partial charge in [0.15, 0.2) is 0 Å². The smallest absolute Gasteiger partial charge is 0.290 e. The van der Waals surface area contributed by atoms with Crippen molar-refractivity contribution in [2.24, 2.45) is 0 Å². The predicted octanol–water partition coefficient (Wildman–Crippen LogP) is 2.88. The Labute approximate surface area is 205 Å². The standard InChI is InChI=1S/C22H29ClN4O3S.CH2O2/c1-3-27(18-9-5-4-6-10-18)31(29,30)19-11-12-20(23)21(14-19)25-22(28)15-24-17-8-7-13-26(2)16-17;2-1-3/h4-6,9-12,14,17,24H,3,7-8,13,15-16H2,1-2H3,(H,25,28);1H,(H,2,3). The zero-order valence-electron chi connectivity index (χ0n) is 19.3. The van der Waals surface area contributed by atoms with Gasteiger partial charge >= 0.3 is 0 Å². The number of amides is 1. The Morgan fingerprint density at radius 1 is 1.26 bits per heavy atom. The molecule has 0 radical (unpaired) electrons. The predicted molar refractivity (Wildman–Crippen MR) is 134 cm³/mol. The van der Waals surface area contributed by atoms with Crippen LogP contribution in [-0.4, -0.2) is 70.1 Å². The Balaban J connectivity index is 0.00000129. The van der Waals surface area contributed by atoms with Crippen molar-refractivity contribution in [3.63, 3.8) is 0 Å². The first-order valence-electron chi connectivity index (χ1n) is 10.9. The van der Waals surface area contributed by atoms with Gasteiger partial charge in [0, 0.05) is 19.1 Å². The Morgan fingerprint density at radius 2 is 1.94 bits per heavy atom. The fourth-order valence-corrected chi connectivity index (χ4v) is 5.40. The molecule has 1 saturated heterocycles. The summed E-state index contributed by atoms with van der Waals surface area (Å²) in [5, 5.41) is 13.2. The van der Waals surface area contributed by atoms with Gasteiger partial charge in [0.1, 0.15) is 0 Å². The van der Waals surface area contributed by atoms with E-state index in [9.17, 15) is 13.2 Å². The number of carbonyl (C=O) groups is 2. The van der Waals surface area contributed by atoms with E-state index < -0.39 is 10.0 Å². The highest BCUT2D eigenvalue weighted by atomic mass is 35.5. The van der Waals surface area contributed by atoms with Crippen molar-refractivity contribution < 1.29 is 23.1 Å². The molecule has 1 aliphatic rings. The molecule has 11 heteroatoms. The number of likely N-dealkylation sites (N-methyl/N-ethyl adjacent to an activating group) is 1. The molecule has 1 aliphatic heterocycles. The lowest BCUT2D eigenvalue weighted by Gasteiger charge is -2.30. The second-order valence-electron chi connectivity index (χ2n) is 7.78. The Kier molecular flexibility index (Phi) is 10.8. The van der Waals surface area contributed by atoms with Gasteiger partial charge in [-0.1, -0.05) is 29.8 Å². The van der Waals surface area contributed by atoms with Gasteiger partial charge in [0.2, 0.25) is 5.91 Å². The van der Waals surface area contributed by atoms with Gasteiger partial charge in [-0.2, -0.15) is 0 Å². The van der Waals surface area contributed by atoms with Crippen molar-refractivity contribution in [3.05, 3.63) is 53.6 Å². The molecule has 9 nitrogen and oxygen atoms in total. The molecule has 1 unspecified atom stereocenters. The van der Waals surface area contributed by atoms with E-state index in [1.165, 1.54) is 22.5 Å². The van der Waals surface area contributed by atoms with E-state index in [2.05, 4.69) is 22.6 Å². The van der Waals surface area contributed by atoms with E-state index in [1.54, 1.807) is 31.2 Å². The zero-order valence-corrected chi connectivity index (χ0v) is 20.8. The lowest BCUT2D eigenvalue weighted by Crippen LogP contribution is -2.46. The summed E-state index contributed by atoms with van der Waals surface area (Å²) in [6.45, 7) is 3.90. The van der Waals surface area contributed by atoms with Gasteiger partial charge in [-0.3, -0.25) is 13.9 Å². The number of hydrogen-bond donors (Lipinski definition) is 3. The fraction of sp³-hybridized carbons (Fsp3) is 0.391. The summed E-state index contributed by atoms with van der Waals surface area (Å²) in [7, 11) is -1.75. The topological polar surface area (TPSA) is 119 Å². The fourth-order valence-electron chi connectivity index (χ4n) is 3.74. The number of nitrogens with one attached hydrogen (secondary N) is 2. The van der Waals surface area contributed by atoms with E-state index >= 15 is 0 Å². The monoisotopic (exact) mass is 510 g/mol. The first-order chi connectivity index (χ1) is 16.2. The van der Waals surface area contributed by atoms with Crippen LogP contribution >= 0.6 is 11.6 Å². The van der Waals surface area contributed by atoms with E-state index in [1.807, 2.05) is 6.07 Å². The first kappa shape index (κ1) is 27.6. The molecule has 2 aromatic carbocycles. The molecule has 2 aromatic rings. The van der Waals surface area contributed by atoms with Gasteiger partial charge < -0.3 is 20.6 Å². The number of benzene rings is 2. The molecule has 0 aromatic heterocycles. The second kappa shape index (κ2) is 13.3. The number of piperidine rings is 1. The molecule has 0 bridgehead atoms. The number of rotatable bonds is 8. The molecule has 0 spiro atoms. The molecule has 0 aliphatic carbocycles. The van der Waals surface area contributed by atoms with Gasteiger partial charge in [-0.15, -0.1) is 0 Å². The minimum atomic E-state index is -3.81. The summed E-state index contributed by atoms with van der Waals surface area (Å²) in [6.07, 6.45) is 2.12. The number of halogens is 1. The molecule has 3 N–H and O–H groups in total. The summed E-state index contributed by atoms with van der Waals surface area (Å²) < 4.78 is 27.8. The number of hydrogen-bond acceptors (Lipinski definition) is 6. The Hall–Kier alpha value is -2.66. The molecule has 1 atom stereocenters. The first-order valence-corrected chi connectivity index (χ1v) is 12.7. The molecule has 186 valence electrons. The number of likely N-dealkylation sites (tertiary alicyclic amines) is 1. The van der Waals surface area contributed by atoms with Crippen molar-refractivity contribution in [2.45, 2.75) is 30.7 Å². The minimum Gasteiger partial charge on any atom is -0.483 e. The van der Waals surface area contributed by atoms with E-state index in [0.717, 1.165) is 25.9 Å². The number of nitrogens with zero attached hydrogens (tertiary/aromatic N) is 2. The molecule has 0 saturated carbocycles. The average Bonchev–Trinajstić information content (AvgIpc) is 2.81. The third kappa shape index (κ3) is 7.69. The Morgan fingerprint density at radius 3 is 2.56 bits per heavy atom. The molecule has 34 heavy (non-hydrogen) atoms. The van der Waals surface area contributed by atoms with Crippen LogP contribution in [0.3, 0.4) is 0 Å². The lowest BCUT2D eigenvalue weighted by atomic mass is 10.1. The molecular formula is C23H31ClN4O5S. The van der Waals surface area contributed by atoms with Gasteiger partial charge in [-0.05, 0) is 63.7 Å². The van der Waals surface area contributed by atoms with Crippen LogP contribution in [0.4, 0.5) is 11.4 Å². The maximum absolute atomic E-state index is 13.2. The summed E-state index contributed by atoms with van der Waals surface area (Å²) in [5.74, 6) is -0.264. The molecule has 1 amide bonds. The highest BCUT2D eigenvalue weighted by Gasteiger charge is 2.25. The lowest BCUT2D eigenvalue weighted by molar-refractivity contribution is -0.123. The van der Waals surface area contributed by atoms with Crippen molar-refractivity contribution in [3.8, 4) is 0 Å². The van der Waals surface area contributed by atoms with Crippen LogP contribution in [0.25, 0.3) is 0 Å². The second-order valence-corrected chi connectivity index (χ2v) is 10.1. The molecular weight excluding hydrogens is 480 g/mol. The minimum absolute atomic E-state index is 0.0692. The quantitative estimate of drug-likeness (QED) is 0.467. The van der Waals surface area contributed by atoms with Crippen LogP contribution in [0, 0.1) is 0 Å². The van der Waals surface area contributed by atoms with Crippen LogP contribution in [0.1, 0.15) is 19.8 Å². The summed E-state index contributed by atoms with van der Waals surface area (Å²) in [6, 6.07) is 13.5. The van der Waals surface area contributed by atoms with Crippen molar-refractivity contribution in [1.29, 1.82) is 0 Å². The van der Waals surface area contributed by atoms with Crippen LogP contribution < -0.4 is 14.9 Å². The zero-order chi connectivity index (χ0) is 25.1. The van der Waals surface area contributed by atoms with Crippen molar-refractivity contribution >= 4 is 45.4 Å². The van der Waals surface area contributed by atoms with E-state index in [0.29, 0.717) is 5.69 Å². The van der Waals surface area contributed by atoms with Gasteiger partial charge in [0.05, 0.1) is 27.8 Å². The largest absolute Gasteiger partial charge is 0.483 e. The van der Waals surface area contributed by atoms with Gasteiger partial charge in [0.25, 0.3) is 16.5 Å². The number of para-hydroxylation sites is 1. The van der Waals surface area contributed by atoms with Crippen LogP contribution in [-0.2, 0) is 19.6 Å².